The lowest BCUT2D eigenvalue weighted by atomic mass is 10.2. The van der Waals surface area contributed by atoms with Crippen molar-refractivity contribution in [2.24, 2.45) is 0 Å². The Morgan fingerprint density at radius 3 is 2.71 bits per heavy atom. The molecule has 72 valence electrons. The second kappa shape index (κ2) is 4.53. The number of rotatable bonds is 3. The van der Waals surface area contributed by atoms with Crippen molar-refractivity contribution < 1.29 is 0 Å². The molecule has 0 fully saturated rings. The van der Waals surface area contributed by atoms with Gasteiger partial charge in [0.2, 0.25) is 0 Å². The minimum absolute atomic E-state index is 0.493. The lowest BCUT2D eigenvalue weighted by Gasteiger charge is -1.95. The van der Waals surface area contributed by atoms with Gasteiger partial charge in [-0.1, -0.05) is 0 Å². The fourth-order valence-electron chi connectivity index (χ4n) is 1.17. The predicted molar refractivity (Wildman–Crippen MR) is 58.7 cm³/mol. The quantitative estimate of drug-likeness (QED) is 0.750. The first-order chi connectivity index (χ1) is 6.88. The van der Waals surface area contributed by atoms with E-state index in [1.165, 1.54) is 5.56 Å². The third-order valence-electron chi connectivity index (χ3n) is 1.84. The van der Waals surface area contributed by atoms with Crippen LogP contribution in [0, 0.1) is 0 Å². The van der Waals surface area contributed by atoms with E-state index in [2.05, 4.69) is 9.97 Å². The van der Waals surface area contributed by atoms with Gasteiger partial charge >= 0.3 is 0 Å². The van der Waals surface area contributed by atoms with E-state index in [4.69, 9.17) is 11.6 Å². The molecular formula is C10H9ClN2S. The maximum absolute atomic E-state index is 5.68. The van der Waals surface area contributed by atoms with E-state index in [-0.39, 0.29) is 0 Å². The van der Waals surface area contributed by atoms with Gasteiger partial charge < -0.3 is 0 Å². The molecule has 0 saturated carbocycles. The molecule has 0 unspecified atom stereocenters. The maximum atomic E-state index is 5.68. The molecule has 2 aromatic heterocycles. The number of pyridine rings is 1. The largest absolute Gasteiger partial charge is 0.265 e. The molecule has 0 aliphatic rings. The van der Waals surface area contributed by atoms with Crippen molar-refractivity contribution in [1.82, 2.24) is 9.97 Å². The molecule has 2 rings (SSSR count). The van der Waals surface area contributed by atoms with Crippen LogP contribution in [-0.4, -0.2) is 9.97 Å². The smallest absolute Gasteiger partial charge is 0.0972 e. The first kappa shape index (κ1) is 9.62. The summed E-state index contributed by atoms with van der Waals surface area (Å²) in [4.78, 5) is 8.36. The monoisotopic (exact) mass is 224 g/mol. The Balaban J connectivity index is 2.11. The van der Waals surface area contributed by atoms with E-state index in [1.54, 1.807) is 23.7 Å². The van der Waals surface area contributed by atoms with Gasteiger partial charge in [0.1, 0.15) is 0 Å². The summed E-state index contributed by atoms with van der Waals surface area (Å²) in [6.45, 7) is 0. The average Bonchev–Trinajstić information content (AvgIpc) is 2.67. The van der Waals surface area contributed by atoms with Gasteiger partial charge in [-0.15, -0.1) is 22.9 Å². The number of hydrogen-bond donors (Lipinski definition) is 0. The van der Waals surface area contributed by atoms with Gasteiger partial charge in [-0.2, -0.15) is 0 Å². The molecule has 0 amide bonds. The molecule has 0 aromatic carbocycles. The second-order valence-electron chi connectivity index (χ2n) is 2.90. The first-order valence-electron chi connectivity index (χ1n) is 4.26. The summed E-state index contributed by atoms with van der Waals surface area (Å²) in [6.07, 6.45) is 4.46. The summed E-state index contributed by atoms with van der Waals surface area (Å²) in [6, 6.07) is 4.00. The molecule has 0 bridgehead atoms. The molecule has 0 saturated heterocycles. The molecule has 0 atom stereocenters. The molecule has 2 nitrogen and oxygen atoms in total. The maximum Gasteiger partial charge on any atom is 0.0972 e. The SMILES string of the molecule is ClCc1csc(Cc2ccncc2)n1. The standard InChI is InChI=1S/C10H9ClN2S/c11-6-9-7-14-10(13-9)5-8-1-3-12-4-2-8/h1-4,7H,5-6H2. The van der Waals surface area contributed by atoms with E-state index >= 15 is 0 Å². The van der Waals surface area contributed by atoms with E-state index in [0.29, 0.717) is 5.88 Å². The Bertz CT molecular complexity index is 400. The number of aromatic nitrogens is 2. The second-order valence-corrected chi connectivity index (χ2v) is 4.11. The van der Waals surface area contributed by atoms with Gasteiger partial charge in [0, 0.05) is 24.2 Å². The average molecular weight is 225 g/mol. The van der Waals surface area contributed by atoms with Crippen LogP contribution in [0.4, 0.5) is 0 Å². The Morgan fingerprint density at radius 1 is 1.29 bits per heavy atom. The summed E-state index contributed by atoms with van der Waals surface area (Å²) in [5.74, 6) is 0.493. The van der Waals surface area contributed by atoms with E-state index < -0.39 is 0 Å². The number of thiazole rings is 1. The van der Waals surface area contributed by atoms with Crippen LogP contribution in [0.1, 0.15) is 16.3 Å². The zero-order valence-corrected chi connectivity index (χ0v) is 9.05. The predicted octanol–water partition coefficient (Wildman–Crippen LogP) is 2.87. The van der Waals surface area contributed by atoms with Crippen LogP contribution in [0.3, 0.4) is 0 Å². The van der Waals surface area contributed by atoms with Crippen molar-refractivity contribution >= 4 is 22.9 Å². The molecule has 4 heteroatoms. The molecule has 0 N–H and O–H groups in total. The van der Waals surface area contributed by atoms with Crippen molar-refractivity contribution in [3.05, 3.63) is 46.2 Å². The van der Waals surface area contributed by atoms with Gasteiger partial charge in [0.25, 0.3) is 0 Å². The molecule has 0 radical (unpaired) electrons. The van der Waals surface area contributed by atoms with Crippen LogP contribution in [0.2, 0.25) is 0 Å². The fourth-order valence-corrected chi connectivity index (χ4v) is 2.22. The van der Waals surface area contributed by atoms with Crippen molar-refractivity contribution in [3.8, 4) is 0 Å². The fraction of sp³-hybridized carbons (Fsp3) is 0.200. The number of halogens is 1. The highest BCUT2D eigenvalue weighted by Crippen LogP contribution is 2.15. The molecule has 2 aromatic rings. The zero-order chi connectivity index (χ0) is 9.80. The highest BCUT2D eigenvalue weighted by Gasteiger charge is 2.01. The lowest BCUT2D eigenvalue weighted by molar-refractivity contribution is 1.08. The summed E-state index contributed by atoms with van der Waals surface area (Å²) < 4.78 is 0. The molecule has 0 spiro atoms. The van der Waals surface area contributed by atoms with E-state index in [9.17, 15) is 0 Å². The Labute approximate surface area is 91.6 Å². The Morgan fingerprint density at radius 2 is 2.07 bits per heavy atom. The van der Waals surface area contributed by atoms with Gasteiger partial charge in [-0.05, 0) is 17.7 Å². The van der Waals surface area contributed by atoms with Gasteiger partial charge in [0.15, 0.2) is 0 Å². The molecule has 0 aliphatic carbocycles. The summed E-state index contributed by atoms with van der Waals surface area (Å²) >= 11 is 7.33. The highest BCUT2D eigenvalue weighted by molar-refractivity contribution is 7.09. The Hall–Kier alpha value is -0.930. The van der Waals surface area contributed by atoms with Crippen molar-refractivity contribution in [2.75, 3.05) is 0 Å². The Kier molecular flexibility index (Phi) is 3.11. The van der Waals surface area contributed by atoms with Crippen LogP contribution in [0.5, 0.6) is 0 Å². The van der Waals surface area contributed by atoms with E-state index in [1.807, 2.05) is 17.5 Å². The molecule has 14 heavy (non-hydrogen) atoms. The van der Waals surface area contributed by atoms with E-state index in [0.717, 1.165) is 17.1 Å². The van der Waals surface area contributed by atoms with Crippen molar-refractivity contribution in [1.29, 1.82) is 0 Å². The van der Waals surface area contributed by atoms with Crippen LogP contribution < -0.4 is 0 Å². The van der Waals surface area contributed by atoms with Crippen molar-refractivity contribution in [2.45, 2.75) is 12.3 Å². The molecular weight excluding hydrogens is 216 g/mol. The summed E-state index contributed by atoms with van der Waals surface area (Å²) in [5, 5.41) is 3.11. The normalized spacial score (nSPS) is 10.4. The number of hydrogen-bond acceptors (Lipinski definition) is 3. The highest BCUT2D eigenvalue weighted by atomic mass is 35.5. The van der Waals surface area contributed by atoms with Gasteiger partial charge in [-0.3, -0.25) is 4.98 Å². The van der Waals surface area contributed by atoms with Crippen molar-refractivity contribution in [3.63, 3.8) is 0 Å². The molecule has 2 heterocycles. The lowest BCUT2D eigenvalue weighted by Crippen LogP contribution is -1.87. The third kappa shape index (κ3) is 2.30. The molecule has 0 aliphatic heterocycles. The summed E-state index contributed by atoms with van der Waals surface area (Å²) in [7, 11) is 0. The van der Waals surface area contributed by atoms with Crippen LogP contribution in [-0.2, 0) is 12.3 Å². The topological polar surface area (TPSA) is 25.8 Å². The first-order valence-corrected chi connectivity index (χ1v) is 5.68. The number of nitrogens with zero attached hydrogens (tertiary/aromatic N) is 2. The van der Waals surface area contributed by atoms with Gasteiger partial charge in [-0.25, -0.2) is 4.98 Å². The van der Waals surface area contributed by atoms with Gasteiger partial charge in [0.05, 0.1) is 16.6 Å². The van der Waals surface area contributed by atoms with Crippen LogP contribution >= 0.6 is 22.9 Å². The minimum Gasteiger partial charge on any atom is -0.265 e. The van der Waals surface area contributed by atoms with Crippen LogP contribution in [0.25, 0.3) is 0 Å². The zero-order valence-electron chi connectivity index (χ0n) is 7.48. The minimum atomic E-state index is 0.493. The summed E-state index contributed by atoms with van der Waals surface area (Å²) in [5.41, 5.74) is 2.19. The number of alkyl halides is 1. The third-order valence-corrected chi connectivity index (χ3v) is 3.01. The van der Waals surface area contributed by atoms with Crippen LogP contribution in [0.15, 0.2) is 29.9 Å².